The molecule has 1 atom stereocenters. The molecule has 75 heavy (non-hydrogen) atoms. The van der Waals surface area contributed by atoms with E-state index >= 15 is 0 Å². The number of Topliss-reactive ketones (excluding diaryl/α,β-unsaturated/α-hetero) is 1. The van der Waals surface area contributed by atoms with Gasteiger partial charge in [0.1, 0.15) is 11.9 Å². The second kappa shape index (κ2) is 58.2. The number of likely N-dealkylation sites (tertiary alicyclic amines) is 1. The predicted octanol–water partition coefficient (Wildman–Crippen LogP) is 20.6. The van der Waals surface area contributed by atoms with Crippen molar-refractivity contribution >= 4 is 24.2 Å². The molecule has 1 aliphatic heterocycles. The van der Waals surface area contributed by atoms with Crippen LogP contribution in [0.3, 0.4) is 0 Å². The standard InChI is InChI=1S/C28H55NO2.C26H50O4.C7H14O.C4H10.C2H6/c1-5-7-11-18-26(19-12-8-6-2)20-17-25-31-27(30)28(3,4)21-13-9-10-14-22-29-23-15-16-24-29;1-5-7-9-11-12-16-20-24(19-15-10-8-6-2)30-25(28)26(3,4)21-17-13-14-18-22-29-23-27;1-4-5-7(8)6(2)3;1-4(2)3;1-2/h26H,5-25H2,1-4H3;23-24H,5-22H2,1-4H3;6H,4-5H2,1-3H3;4H,1-3H3;1-2H3. The summed E-state index contributed by atoms with van der Waals surface area (Å²) in [5.41, 5.74) is -0.765. The predicted molar refractivity (Wildman–Crippen MR) is 327 cm³/mol. The first-order valence-electron chi connectivity index (χ1n) is 32.6. The molecule has 8 heteroatoms. The fourth-order valence-electron chi connectivity index (χ4n) is 9.21. The van der Waals surface area contributed by atoms with Gasteiger partial charge < -0.3 is 19.1 Å². The second-order valence-corrected chi connectivity index (χ2v) is 24.3. The molecule has 1 heterocycles. The highest BCUT2D eigenvalue weighted by Gasteiger charge is 2.31. The monoisotopic (exact) mass is 1070 g/mol. The number of ketones is 1. The third-order valence-corrected chi connectivity index (χ3v) is 14.3. The third-order valence-electron chi connectivity index (χ3n) is 14.3. The number of nitrogens with zero attached hydrogens (tertiary/aromatic N) is 1. The molecule has 0 bridgehead atoms. The van der Waals surface area contributed by atoms with Crippen molar-refractivity contribution in [2.24, 2.45) is 28.6 Å². The van der Waals surface area contributed by atoms with Crippen molar-refractivity contribution in [2.45, 2.75) is 348 Å². The molecule has 0 aliphatic carbocycles. The molecule has 8 nitrogen and oxygen atoms in total. The van der Waals surface area contributed by atoms with Crippen molar-refractivity contribution in [2.75, 3.05) is 32.8 Å². The third kappa shape index (κ3) is 56.6. The summed E-state index contributed by atoms with van der Waals surface area (Å²) >= 11 is 0. The van der Waals surface area contributed by atoms with Crippen molar-refractivity contribution in [1.82, 2.24) is 4.90 Å². The molecule has 0 aromatic heterocycles. The number of esters is 2. The molecule has 0 aromatic rings. The summed E-state index contributed by atoms with van der Waals surface area (Å²) in [4.78, 5) is 48.9. The molecule has 1 unspecified atom stereocenters. The molecule has 0 amide bonds. The first-order chi connectivity index (χ1) is 35.9. The average molecular weight is 1070 g/mol. The van der Waals surface area contributed by atoms with Gasteiger partial charge in [-0.1, -0.05) is 224 Å². The summed E-state index contributed by atoms with van der Waals surface area (Å²) in [5, 5.41) is 0. The molecular formula is C67H135NO7. The summed E-state index contributed by atoms with van der Waals surface area (Å²) in [5.74, 6) is 2.25. The van der Waals surface area contributed by atoms with Crippen LogP contribution in [0.2, 0.25) is 0 Å². The van der Waals surface area contributed by atoms with E-state index in [0.29, 0.717) is 25.5 Å². The zero-order valence-corrected chi connectivity index (χ0v) is 53.7. The Balaban J connectivity index is -0.000000536. The topological polar surface area (TPSA) is 99.2 Å². The largest absolute Gasteiger partial charge is 0.468 e. The van der Waals surface area contributed by atoms with Crippen LogP contribution in [0.15, 0.2) is 0 Å². The summed E-state index contributed by atoms with van der Waals surface area (Å²) in [7, 11) is 0. The van der Waals surface area contributed by atoms with Crippen molar-refractivity contribution < 1.29 is 33.4 Å². The van der Waals surface area contributed by atoms with Crippen LogP contribution in [0.5, 0.6) is 0 Å². The average Bonchev–Trinajstić information content (AvgIpc) is 3.90. The van der Waals surface area contributed by atoms with Gasteiger partial charge in [0.05, 0.1) is 24.0 Å². The summed E-state index contributed by atoms with van der Waals surface area (Å²) in [6.45, 7) is 39.1. The van der Waals surface area contributed by atoms with Gasteiger partial charge in [0, 0.05) is 12.3 Å². The lowest BCUT2D eigenvalue weighted by Gasteiger charge is -2.27. The molecule has 1 rings (SSSR count). The minimum absolute atomic E-state index is 0.0121. The fraction of sp³-hybridized carbons (Fsp3) is 0.940. The Kier molecular flexibility index (Phi) is 61.7. The van der Waals surface area contributed by atoms with Gasteiger partial charge in [-0.15, -0.1) is 0 Å². The van der Waals surface area contributed by atoms with Gasteiger partial charge >= 0.3 is 11.9 Å². The van der Waals surface area contributed by atoms with E-state index in [2.05, 4.69) is 67.2 Å². The van der Waals surface area contributed by atoms with Crippen LogP contribution in [0.25, 0.3) is 0 Å². The highest BCUT2D eigenvalue weighted by molar-refractivity contribution is 5.80. The van der Waals surface area contributed by atoms with E-state index in [1.54, 1.807) is 0 Å². The lowest BCUT2D eigenvalue weighted by atomic mass is 9.86. The molecule has 0 spiro atoms. The number of hydrogen-bond donors (Lipinski definition) is 0. The molecule has 0 aromatic carbocycles. The van der Waals surface area contributed by atoms with Crippen molar-refractivity contribution in [3.8, 4) is 0 Å². The van der Waals surface area contributed by atoms with Crippen molar-refractivity contribution in [3.63, 3.8) is 0 Å². The van der Waals surface area contributed by atoms with Gasteiger partial charge in [-0.25, -0.2) is 0 Å². The lowest BCUT2D eigenvalue weighted by Crippen LogP contribution is -2.31. The number of carbonyl (C=O) groups excluding carboxylic acids is 4. The maximum absolute atomic E-state index is 12.9. The fourth-order valence-corrected chi connectivity index (χ4v) is 9.21. The van der Waals surface area contributed by atoms with E-state index in [9.17, 15) is 19.2 Å². The molecule has 0 N–H and O–H groups in total. The normalized spacial score (nSPS) is 12.9. The first kappa shape index (κ1) is 79.5. The zero-order valence-electron chi connectivity index (χ0n) is 53.7. The highest BCUT2D eigenvalue weighted by Crippen LogP contribution is 2.29. The first-order valence-corrected chi connectivity index (χ1v) is 32.6. The van der Waals surface area contributed by atoms with Gasteiger partial charge in [0.2, 0.25) is 0 Å². The Morgan fingerprint density at radius 2 is 0.893 bits per heavy atom. The number of unbranched alkanes of at least 4 members (excludes halogenated alkanes) is 18. The molecule has 1 aliphatic rings. The van der Waals surface area contributed by atoms with E-state index in [1.807, 2.05) is 48.5 Å². The Morgan fingerprint density at radius 3 is 1.36 bits per heavy atom. The number of hydrogen-bond acceptors (Lipinski definition) is 8. The molecule has 1 saturated heterocycles. The maximum atomic E-state index is 12.9. The Bertz CT molecular complexity index is 1200. The minimum Gasteiger partial charge on any atom is -0.468 e. The van der Waals surface area contributed by atoms with Crippen LogP contribution in [-0.4, -0.2) is 68.0 Å². The van der Waals surface area contributed by atoms with Gasteiger partial charge in [0.25, 0.3) is 6.47 Å². The van der Waals surface area contributed by atoms with E-state index < -0.39 is 5.41 Å². The summed E-state index contributed by atoms with van der Waals surface area (Å²) in [6, 6.07) is 0. The Hall–Kier alpha value is -1.96. The SMILES string of the molecule is CC.CC(C)C.CCCC(=O)C(C)C.CCCCCC(CCCCC)CCCOC(=O)C(C)(C)CCCCCCN1CCCC1.CCCCCCCCC(CCCCCC)OC(=O)C(C)(C)CCCCCCOC=O. The van der Waals surface area contributed by atoms with Crippen molar-refractivity contribution in [1.29, 1.82) is 0 Å². The van der Waals surface area contributed by atoms with Gasteiger partial charge in [-0.3, -0.25) is 19.2 Å². The Morgan fingerprint density at radius 1 is 0.493 bits per heavy atom. The van der Waals surface area contributed by atoms with E-state index in [0.717, 1.165) is 95.3 Å². The van der Waals surface area contributed by atoms with Crippen LogP contribution in [0.4, 0.5) is 0 Å². The number of ether oxygens (including phenoxy) is 3. The zero-order chi connectivity index (χ0) is 57.4. The molecule has 0 saturated carbocycles. The van der Waals surface area contributed by atoms with Crippen molar-refractivity contribution in [3.05, 3.63) is 0 Å². The lowest BCUT2D eigenvalue weighted by molar-refractivity contribution is -0.161. The Labute approximate surface area is 470 Å². The van der Waals surface area contributed by atoms with E-state index in [4.69, 9.17) is 14.2 Å². The van der Waals surface area contributed by atoms with E-state index in [-0.39, 0.29) is 29.4 Å². The van der Waals surface area contributed by atoms with Gasteiger partial charge in [-0.05, 0) is 143 Å². The number of carbonyl (C=O) groups is 4. The van der Waals surface area contributed by atoms with Crippen LogP contribution in [-0.2, 0) is 33.4 Å². The molecule has 450 valence electrons. The summed E-state index contributed by atoms with van der Waals surface area (Å²) in [6.07, 6.45) is 42.9. The maximum Gasteiger partial charge on any atom is 0.311 e. The quantitative estimate of drug-likeness (QED) is 0.0257. The molecule has 1 fully saturated rings. The van der Waals surface area contributed by atoms with Crippen LogP contribution >= 0.6 is 0 Å². The number of rotatable bonds is 45. The van der Waals surface area contributed by atoms with E-state index in [1.165, 1.54) is 167 Å². The molecule has 0 radical (unpaired) electrons. The molecular weight excluding hydrogens is 931 g/mol. The minimum atomic E-state index is -0.428. The highest BCUT2D eigenvalue weighted by atomic mass is 16.5. The van der Waals surface area contributed by atoms with Crippen LogP contribution in [0.1, 0.15) is 342 Å². The van der Waals surface area contributed by atoms with Crippen LogP contribution < -0.4 is 0 Å². The van der Waals surface area contributed by atoms with Crippen LogP contribution in [0, 0.1) is 28.6 Å². The smallest absolute Gasteiger partial charge is 0.311 e. The van der Waals surface area contributed by atoms with Gasteiger partial charge in [0.15, 0.2) is 0 Å². The van der Waals surface area contributed by atoms with Gasteiger partial charge in [-0.2, -0.15) is 0 Å². The second-order valence-electron chi connectivity index (χ2n) is 24.3. The summed E-state index contributed by atoms with van der Waals surface area (Å²) < 4.78 is 16.5.